The number of aromatic hydroxyl groups is 1. The molecule has 1 saturated heterocycles. The van der Waals surface area contributed by atoms with Crippen LogP contribution in [0.5, 0.6) is 5.88 Å². The maximum Gasteiger partial charge on any atom is 0.331 e. The molecule has 118 valence electrons. The molecule has 0 radical (unpaired) electrons. The molecule has 1 aliphatic heterocycles. The average molecular weight is 297 g/mol. The van der Waals surface area contributed by atoms with Gasteiger partial charge in [-0.25, -0.2) is 4.79 Å². The number of H-pyrrole nitrogens is 1. The molecule has 7 heteroatoms. The number of nitrogens with zero attached hydrogens (tertiary/aromatic N) is 2. The zero-order chi connectivity index (χ0) is 15.4. The van der Waals surface area contributed by atoms with Gasteiger partial charge in [0.2, 0.25) is 5.88 Å². The molecule has 0 aliphatic carbocycles. The summed E-state index contributed by atoms with van der Waals surface area (Å²) < 4.78 is 6.85. The lowest BCUT2D eigenvalue weighted by molar-refractivity contribution is -0.0357. The number of morpholine rings is 1. The van der Waals surface area contributed by atoms with Crippen LogP contribution in [-0.4, -0.2) is 51.9 Å². The summed E-state index contributed by atoms with van der Waals surface area (Å²) in [6.45, 7) is 7.36. The highest BCUT2D eigenvalue weighted by Crippen LogP contribution is 2.14. The Morgan fingerprint density at radius 3 is 2.81 bits per heavy atom. The summed E-state index contributed by atoms with van der Waals surface area (Å²) in [6.07, 6.45) is 0.995. The zero-order valence-corrected chi connectivity index (χ0v) is 12.6. The van der Waals surface area contributed by atoms with E-state index in [4.69, 9.17) is 4.74 Å². The third kappa shape index (κ3) is 3.54. The van der Waals surface area contributed by atoms with Crippen LogP contribution in [0.3, 0.4) is 0 Å². The monoisotopic (exact) mass is 297 g/mol. The summed E-state index contributed by atoms with van der Waals surface area (Å²) >= 11 is 0. The van der Waals surface area contributed by atoms with Gasteiger partial charge in [0.15, 0.2) is 0 Å². The molecule has 1 unspecified atom stereocenters. The van der Waals surface area contributed by atoms with Gasteiger partial charge in [0, 0.05) is 13.1 Å². The Morgan fingerprint density at radius 2 is 2.14 bits per heavy atom. The van der Waals surface area contributed by atoms with E-state index < -0.39 is 11.2 Å². The van der Waals surface area contributed by atoms with Gasteiger partial charge in [0.25, 0.3) is 5.56 Å². The fraction of sp³-hybridized carbons (Fsp3) is 0.714. The number of hydrogen-bond donors (Lipinski definition) is 2. The second-order valence-electron chi connectivity index (χ2n) is 5.31. The minimum absolute atomic E-state index is 0.164. The van der Waals surface area contributed by atoms with Crippen LogP contribution in [0.4, 0.5) is 0 Å². The molecule has 1 aromatic rings. The highest BCUT2D eigenvalue weighted by molar-refractivity contribution is 5.22. The molecule has 0 aromatic carbocycles. The number of hydrogen-bond acceptors (Lipinski definition) is 5. The summed E-state index contributed by atoms with van der Waals surface area (Å²) in [5, 5.41) is 10.2. The molecule has 2 heterocycles. The Labute approximate surface area is 123 Å². The Balaban J connectivity index is 2.25. The lowest BCUT2D eigenvalue weighted by Gasteiger charge is -2.32. The molecule has 0 bridgehead atoms. The first-order valence-electron chi connectivity index (χ1n) is 7.45. The third-order valence-electron chi connectivity index (χ3n) is 3.82. The molecule has 2 rings (SSSR count). The molecule has 1 atom stereocenters. The van der Waals surface area contributed by atoms with Crippen molar-refractivity contribution in [2.24, 2.45) is 0 Å². The van der Waals surface area contributed by atoms with Gasteiger partial charge in [-0.15, -0.1) is 0 Å². The van der Waals surface area contributed by atoms with Crippen molar-refractivity contribution < 1.29 is 9.84 Å². The van der Waals surface area contributed by atoms with E-state index in [1.165, 1.54) is 4.57 Å². The van der Waals surface area contributed by atoms with Crippen molar-refractivity contribution in [1.82, 2.24) is 14.5 Å². The summed E-state index contributed by atoms with van der Waals surface area (Å²) in [6, 6.07) is 0. The van der Waals surface area contributed by atoms with Crippen molar-refractivity contribution in [1.29, 1.82) is 0 Å². The number of likely N-dealkylation sites (N-methyl/N-ethyl adjacent to an activating group) is 1. The molecule has 21 heavy (non-hydrogen) atoms. The van der Waals surface area contributed by atoms with Crippen molar-refractivity contribution >= 4 is 0 Å². The smallest absolute Gasteiger partial charge is 0.331 e. The van der Waals surface area contributed by atoms with Crippen molar-refractivity contribution in [3.63, 3.8) is 0 Å². The number of ether oxygens (including phenoxy) is 1. The maximum absolute atomic E-state index is 11.9. The number of nitrogens with one attached hydrogen (secondary N) is 1. The average Bonchev–Trinajstić information content (AvgIpc) is 2.48. The fourth-order valence-corrected chi connectivity index (χ4v) is 2.63. The third-order valence-corrected chi connectivity index (χ3v) is 3.82. The van der Waals surface area contributed by atoms with Crippen molar-refractivity contribution in [2.45, 2.75) is 39.3 Å². The Hall–Kier alpha value is -1.60. The molecule has 1 fully saturated rings. The van der Waals surface area contributed by atoms with Crippen LogP contribution in [0.15, 0.2) is 9.59 Å². The van der Waals surface area contributed by atoms with Gasteiger partial charge >= 0.3 is 5.69 Å². The van der Waals surface area contributed by atoms with Crippen LogP contribution in [0, 0.1) is 0 Å². The van der Waals surface area contributed by atoms with Gasteiger partial charge in [-0.05, 0) is 13.0 Å². The van der Waals surface area contributed by atoms with E-state index >= 15 is 0 Å². The fourth-order valence-electron chi connectivity index (χ4n) is 2.63. The maximum atomic E-state index is 11.9. The van der Waals surface area contributed by atoms with Crippen molar-refractivity contribution in [3.8, 4) is 5.88 Å². The van der Waals surface area contributed by atoms with E-state index in [-0.39, 0.29) is 24.1 Å². The lowest BCUT2D eigenvalue weighted by Crippen LogP contribution is -2.45. The van der Waals surface area contributed by atoms with Crippen LogP contribution >= 0.6 is 0 Å². The van der Waals surface area contributed by atoms with Crippen molar-refractivity contribution in [3.05, 3.63) is 26.4 Å². The number of rotatable bonds is 5. The van der Waals surface area contributed by atoms with Crippen molar-refractivity contribution in [2.75, 3.05) is 26.2 Å². The second kappa shape index (κ2) is 6.91. The molecule has 0 spiro atoms. The number of aromatic amines is 1. The summed E-state index contributed by atoms with van der Waals surface area (Å²) in [5.74, 6) is -0.233. The van der Waals surface area contributed by atoms with Crippen LogP contribution < -0.4 is 11.2 Å². The highest BCUT2D eigenvalue weighted by Gasteiger charge is 2.22. The van der Waals surface area contributed by atoms with E-state index in [9.17, 15) is 14.7 Å². The molecular weight excluding hydrogens is 274 g/mol. The lowest BCUT2D eigenvalue weighted by atomic mass is 10.2. The SMILES string of the molecule is CCCc1c(O)n(CC2CN(CC)CCO2)c(=O)[nH]c1=O. The zero-order valence-electron chi connectivity index (χ0n) is 12.6. The molecule has 2 N–H and O–H groups in total. The van der Waals surface area contributed by atoms with E-state index in [1.54, 1.807) is 0 Å². The van der Waals surface area contributed by atoms with Gasteiger partial charge < -0.3 is 9.84 Å². The standard InChI is InChI=1S/C14H23N3O4/c1-3-5-11-12(18)15-14(20)17(13(11)19)9-10-8-16(4-2)6-7-21-10/h10,19H,3-9H2,1-2H3,(H,15,18,20). The minimum Gasteiger partial charge on any atom is -0.494 e. The largest absolute Gasteiger partial charge is 0.494 e. The Morgan fingerprint density at radius 1 is 1.38 bits per heavy atom. The summed E-state index contributed by atoms with van der Waals surface area (Å²) in [4.78, 5) is 28.1. The van der Waals surface area contributed by atoms with E-state index in [2.05, 4.69) is 16.8 Å². The van der Waals surface area contributed by atoms with Crippen LogP contribution in [-0.2, 0) is 17.7 Å². The Kier molecular flexibility index (Phi) is 5.19. The van der Waals surface area contributed by atoms with Gasteiger partial charge in [-0.3, -0.25) is 19.2 Å². The molecule has 0 amide bonds. The first-order chi connectivity index (χ1) is 10.1. The highest BCUT2D eigenvalue weighted by atomic mass is 16.5. The van der Waals surface area contributed by atoms with Gasteiger partial charge in [-0.1, -0.05) is 20.3 Å². The molecule has 0 saturated carbocycles. The van der Waals surface area contributed by atoms with Gasteiger partial charge in [0.05, 0.1) is 24.8 Å². The van der Waals surface area contributed by atoms with E-state index in [1.807, 2.05) is 6.92 Å². The van der Waals surface area contributed by atoms with Gasteiger partial charge in [0.1, 0.15) is 0 Å². The second-order valence-corrected chi connectivity index (χ2v) is 5.31. The quantitative estimate of drug-likeness (QED) is 0.793. The predicted molar refractivity (Wildman–Crippen MR) is 78.8 cm³/mol. The normalized spacial score (nSPS) is 19.8. The topological polar surface area (TPSA) is 87.6 Å². The van der Waals surface area contributed by atoms with Crippen LogP contribution in [0.1, 0.15) is 25.8 Å². The number of aromatic nitrogens is 2. The predicted octanol–water partition coefficient (Wildman–Crippen LogP) is -0.0846. The summed E-state index contributed by atoms with van der Waals surface area (Å²) in [7, 11) is 0. The first kappa shape index (κ1) is 15.8. The van der Waals surface area contributed by atoms with Crippen LogP contribution in [0.2, 0.25) is 0 Å². The molecule has 1 aromatic heterocycles. The Bertz CT molecular complexity index is 593. The van der Waals surface area contributed by atoms with Gasteiger partial charge in [-0.2, -0.15) is 0 Å². The molecular formula is C14H23N3O4. The minimum atomic E-state index is -0.588. The summed E-state index contributed by atoms with van der Waals surface area (Å²) in [5.41, 5.74) is -0.829. The molecule has 1 aliphatic rings. The molecule has 7 nitrogen and oxygen atoms in total. The first-order valence-corrected chi connectivity index (χ1v) is 7.45. The van der Waals surface area contributed by atoms with Crippen LogP contribution in [0.25, 0.3) is 0 Å². The van der Waals surface area contributed by atoms with E-state index in [0.29, 0.717) is 19.6 Å². The van der Waals surface area contributed by atoms with E-state index in [0.717, 1.165) is 19.5 Å².